The van der Waals surface area contributed by atoms with Crippen LogP contribution >= 0.6 is 23.2 Å². The van der Waals surface area contributed by atoms with Crippen LogP contribution in [-0.4, -0.2) is 43.5 Å². The Bertz CT molecular complexity index is 1200. The molecule has 0 aromatic heterocycles. The third-order valence-electron chi connectivity index (χ3n) is 6.91. The molecule has 1 aliphatic carbocycles. The number of carbonyl (C=O) groups excluding carboxylic acids is 1. The maximum atomic E-state index is 12.7. The van der Waals surface area contributed by atoms with Gasteiger partial charge in [-0.15, -0.1) is 0 Å². The summed E-state index contributed by atoms with van der Waals surface area (Å²) in [6, 6.07) is 20.6. The maximum absolute atomic E-state index is 12.7. The Labute approximate surface area is 211 Å². The molecule has 176 valence electrons. The van der Waals surface area contributed by atoms with E-state index >= 15 is 0 Å². The van der Waals surface area contributed by atoms with Crippen LogP contribution in [0, 0.1) is 0 Å². The molecule has 1 amide bonds. The monoisotopic (exact) mass is 493 g/mol. The summed E-state index contributed by atoms with van der Waals surface area (Å²) in [5, 5.41) is 7.81. The van der Waals surface area contributed by atoms with Gasteiger partial charge in [0.2, 0.25) is 0 Å². The minimum absolute atomic E-state index is 0.00418. The zero-order valence-corrected chi connectivity index (χ0v) is 20.6. The Morgan fingerprint density at radius 2 is 1.85 bits per heavy atom. The van der Waals surface area contributed by atoms with Gasteiger partial charge in [-0.05, 0) is 71.8 Å². The van der Waals surface area contributed by atoms with Crippen LogP contribution in [-0.2, 0) is 6.42 Å². The van der Waals surface area contributed by atoms with Crippen molar-refractivity contribution in [3.8, 4) is 11.1 Å². The number of nitrogens with one attached hydrogen (secondary N) is 2. The van der Waals surface area contributed by atoms with Gasteiger partial charge in [0.05, 0.1) is 10.0 Å². The SMILES string of the molecule is O=C(NCCCCN1CCNCC1c1cccc(Cl)c1Cl)c1ccc2c(c1)Cc1ccccc1-2. The first-order valence-corrected chi connectivity index (χ1v) is 12.8. The Balaban J connectivity index is 1.12. The van der Waals surface area contributed by atoms with Crippen LogP contribution in [0.2, 0.25) is 10.0 Å². The van der Waals surface area contributed by atoms with Crippen molar-refractivity contribution in [2.24, 2.45) is 0 Å². The number of benzene rings is 3. The number of carbonyl (C=O) groups is 1. The molecular weight excluding hydrogens is 465 g/mol. The number of hydrogen-bond acceptors (Lipinski definition) is 3. The Morgan fingerprint density at radius 3 is 2.76 bits per heavy atom. The highest BCUT2D eigenvalue weighted by Gasteiger charge is 2.25. The van der Waals surface area contributed by atoms with Gasteiger partial charge in [0, 0.05) is 37.8 Å². The molecule has 1 fully saturated rings. The second-order valence-electron chi connectivity index (χ2n) is 9.07. The molecule has 3 aromatic rings. The molecule has 2 aliphatic rings. The highest BCUT2D eigenvalue weighted by Crippen LogP contribution is 2.37. The molecule has 1 heterocycles. The van der Waals surface area contributed by atoms with Crippen LogP contribution in [0.1, 0.15) is 45.9 Å². The summed E-state index contributed by atoms with van der Waals surface area (Å²) < 4.78 is 0. The van der Waals surface area contributed by atoms with Gasteiger partial charge in [0.25, 0.3) is 5.91 Å². The molecule has 1 saturated heterocycles. The lowest BCUT2D eigenvalue weighted by molar-refractivity contribution is 0.0951. The average Bonchev–Trinajstić information content (AvgIpc) is 3.23. The molecule has 5 rings (SSSR count). The summed E-state index contributed by atoms with van der Waals surface area (Å²) in [7, 11) is 0. The van der Waals surface area contributed by atoms with Gasteiger partial charge in [0.15, 0.2) is 0 Å². The average molecular weight is 494 g/mol. The third-order valence-corrected chi connectivity index (χ3v) is 7.74. The molecule has 1 unspecified atom stereocenters. The van der Waals surface area contributed by atoms with Gasteiger partial charge < -0.3 is 10.6 Å². The van der Waals surface area contributed by atoms with Crippen LogP contribution in [0.25, 0.3) is 11.1 Å². The van der Waals surface area contributed by atoms with E-state index in [4.69, 9.17) is 23.2 Å². The van der Waals surface area contributed by atoms with Crippen molar-refractivity contribution < 1.29 is 4.79 Å². The van der Waals surface area contributed by atoms with Gasteiger partial charge in [-0.25, -0.2) is 0 Å². The molecular formula is C28H29Cl2N3O. The summed E-state index contributed by atoms with van der Waals surface area (Å²) in [6.45, 7) is 4.43. The van der Waals surface area contributed by atoms with E-state index in [1.165, 1.54) is 22.3 Å². The molecule has 34 heavy (non-hydrogen) atoms. The molecule has 4 nitrogen and oxygen atoms in total. The zero-order chi connectivity index (χ0) is 23.5. The number of unbranched alkanes of at least 4 members (excludes halogenated alkanes) is 1. The van der Waals surface area contributed by atoms with Gasteiger partial charge >= 0.3 is 0 Å². The smallest absolute Gasteiger partial charge is 0.251 e. The fourth-order valence-corrected chi connectivity index (χ4v) is 5.56. The van der Waals surface area contributed by atoms with Crippen LogP contribution in [0.5, 0.6) is 0 Å². The second-order valence-corrected chi connectivity index (χ2v) is 9.85. The summed E-state index contributed by atoms with van der Waals surface area (Å²) in [6.07, 6.45) is 2.84. The van der Waals surface area contributed by atoms with Gasteiger partial charge in [0.1, 0.15) is 0 Å². The van der Waals surface area contributed by atoms with E-state index < -0.39 is 0 Å². The highest BCUT2D eigenvalue weighted by molar-refractivity contribution is 6.42. The minimum atomic E-state index is 0.00418. The van der Waals surface area contributed by atoms with E-state index in [-0.39, 0.29) is 11.9 Å². The van der Waals surface area contributed by atoms with Gasteiger partial charge in [-0.1, -0.05) is 65.7 Å². The van der Waals surface area contributed by atoms with Gasteiger partial charge in [-0.3, -0.25) is 9.69 Å². The minimum Gasteiger partial charge on any atom is -0.352 e. The maximum Gasteiger partial charge on any atom is 0.251 e. The van der Waals surface area contributed by atoms with Crippen LogP contribution in [0.4, 0.5) is 0 Å². The van der Waals surface area contributed by atoms with E-state index in [1.807, 2.05) is 24.3 Å². The van der Waals surface area contributed by atoms with Crippen molar-refractivity contribution in [1.29, 1.82) is 0 Å². The summed E-state index contributed by atoms with van der Waals surface area (Å²) >= 11 is 12.7. The molecule has 1 aliphatic heterocycles. The normalized spacial score (nSPS) is 17.3. The number of hydrogen-bond donors (Lipinski definition) is 2. The topological polar surface area (TPSA) is 44.4 Å². The first-order valence-electron chi connectivity index (χ1n) is 12.0. The van der Waals surface area contributed by atoms with Crippen molar-refractivity contribution in [1.82, 2.24) is 15.5 Å². The molecule has 1 atom stereocenters. The largest absolute Gasteiger partial charge is 0.352 e. The fourth-order valence-electron chi connectivity index (χ4n) is 5.13. The van der Waals surface area contributed by atoms with E-state index in [0.29, 0.717) is 16.6 Å². The molecule has 0 bridgehead atoms. The second kappa shape index (κ2) is 10.5. The number of halogens is 2. The van der Waals surface area contributed by atoms with Crippen LogP contribution in [0.3, 0.4) is 0 Å². The number of rotatable bonds is 7. The van der Waals surface area contributed by atoms with Crippen molar-refractivity contribution in [2.75, 3.05) is 32.7 Å². The Morgan fingerprint density at radius 1 is 1.00 bits per heavy atom. The third kappa shape index (κ3) is 4.87. The van der Waals surface area contributed by atoms with Crippen molar-refractivity contribution in [3.63, 3.8) is 0 Å². The van der Waals surface area contributed by atoms with E-state index in [1.54, 1.807) is 0 Å². The predicted octanol–water partition coefficient (Wildman–Crippen LogP) is 5.72. The number of nitrogens with zero attached hydrogens (tertiary/aromatic N) is 1. The first kappa shape index (κ1) is 23.4. The Kier molecular flexibility index (Phi) is 7.21. The summed E-state index contributed by atoms with van der Waals surface area (Å²) in [4.78, 5) is 15.2. The molecule has 0 radical (unpaired) electrons. The number of fused-ring (bicyclic) bond motifs is 3. The molecule has 2 N–H and O–H groups in total. The fraction of sp³-hybridized carbons (Fsp3) is 0.321. The number of amides is 1. The lowest BCUT2D eigenvalue weighted by Crippen LogP contribution is -2.46. The molecule has 6 heteroatoms. The van der Waals surface area contributed by atoms with Crippen molar-refractivity contribution in [2.45, 2.75) is 25.3 Å². The quantitative estimate of drug-likeness (QED) is 0.323. The predicted molar refractivity (Wildman–Crippen MR) is 140 cm³/mol. The summed E-state index contributed by atoms with van der Waals surface area (Å²) in [5.74, 6) is 0.00418. The Hall–Kier alpha value is -2.37. The van der Waals surface area contributed by atoms with E-state index in [0.717, 1.165) is 56.6 Å². The van der Waals surface area contributed by atoms with Crippen LogP contribution in [0.15, 0.2) is 60.7 Å². The standard InChI is InChI=1S/C28H29Cl2N3O/c29-25-9-5-8-24(27(25)30)26-18-31-13-15-33(26)14-4-3-12-32-28(34)20-10-11-23-21(17-20)16-19-6-1-2-7-22(19)23/h1-2,5-11,17,26,31H,3-4,12-16,18H2,(H,32,34). The van der Waals surface area contributed by atoms with Crippen molar-refractivity contribution >= 4 is 29.1 Å². The first-order chi connectivity index (χ1) is 16.6. The summed E-state index contributed by atoms with van der Waals surface area (Å²) in [5.41, 5.74) is 6.92. The van der Waals surface area contributed by atoms with Gasteiger partial charge in [-0.2, -0.15) is 0 Å². The van der Waals surface area contributed by atoms with Crippen molar-refractivity contribution in [3.05, 3.63) is 93.0 Å². The van der Waals surface area contributed by atoms with Crippen LogP contribution < -0.4 is 10.6 Å². The lowest BCUT2D eigenvalue weighted by Gasteiger charge is -2.37. The van der Waals surface area contributed by atoms with E-state index in [9.17, 15) is 4.79 Å². The number of piperazine rings is 1. The zero-order valence-electron chi connectivity index (χ0n) is 19.1. The molecule has 0 saturated carbocycles. The molecule has 0 spiro atoms. The highest BCUT2D eigenvalue weighted by atomic mass is 35.5. The molecule has 3 aromatic carbocycles. The van der Waals surface area contributed by atoms with E-state index in [2.05, 4.69) is 51.9 Å². The lowest BCUT2D eigenvalue weighted by atomic mass is 10.0.